The minimum Gasteiger partial charge on any atom is -0.493 e. The molecule has 0 spiro atoms. The molecule has 31 heavy (non-hydrogen) atoms. The Morgan fingerprint density at radius 2 is 1.90 bits per heavy atom. The third-order valence-electron chi connectivity index (χ3n) is 5.13. The summed E-state index contributed by atoms with van der Waals surface area (Å²) in [7, 11) is 3.60. The van der Waals surface area contributed by atoms with E-state index in [9.17, 15) is 4.79 Å². The summed E-state index contributed by atoms with van der Waals surface area (Å²) < 4.78 is 16.5. The molecule has 0 aliphatic rings. The van der Waals surface area contributed by atoms with Gasteiger partial charge in [-0.1, -0.05) is 23.4 Å². The van der Waals surface area contributed by atoms with Crippen molar-refractivity contribution in [2.24, 2.45) is 0 Å². The zero-order chi connectivity index (χ0) is 22.2. The Hall–Kier alpha value is -3.48. The van der Waals surface area contributed by atoms with Crippen molar-refractivity contribution in [2.75, 3.05) is 32.1 Å². The first-order valence-electron chi connectivity index (χ1n) is 10.3. The lowest BCUT2D eigenvalue weighted by atomic mass is 10.1. The molecule has 3 rings (SSSR count). The van der Waals surface area contributed by atoms with Gasteiger partial charge in [-0.3, -0.25) is 4.79 Å². The van der Waals surface area contributed by atoms with Gasteiger partial charge in [0.1, 0.15) is 12.4 Å². The number of nitrogens with zero attached hydrogens (tertiary/aromatic N) is 2. The predicted molar refractivity (Wildman–Crippen MR) is 120 cm³/mol. The average molecular weight is 424 g/mol. The number of nitrogens with one attached hydrogen (secondary N) is 1. The van der Waals surface area contributed by atoms with Gasteiger partial charge in [-0.15, -0.1) is 0 Å². The van der Waals surface area contributed by atoms with Crippen LogP contribution in [0.2, 0.25) is 0 Å². The molecule has 164 valence electrons. The summed E-state index contributed by atoms with van der Waals surface area (Å²) in [6.07, 6.45) is 0.840. The molecule has 1 heterocycles. The molecule has 1 aromatic heterocycles. The maximum atomic E-state index is 12.5. The largest absolute Gasteiger partial charge is 0.493 e. The summed E-state index contributed by atoms with van der Waals surface area (Å²) in [6.45, 7) is 5.47. The zero-order valence-corrected chi connectivity index (χ0v) is 18.5. The van der Waals surface area contributed by atoms with Gasteiger partial charge < -0.3 is 24.2 Å². The van der Waals surface area contributed by atoms with E-state index >= 15 is 0 Å². The van der Waals surface area contributed by atoms with Crippen LogP contribution in [0.4, 0.5) is 5.69 Å². The van der Waals surface area contributed by atoms with Crippen molar-refractivity contribution in [1.29, 1.82) is 0 Å². The fourth-order valence-corrected chi connectivity index (χ4v) is 3.22. The zero-order valence-electron chi connectivity index (χ0n) is 18.5. The minimum absolute atomic E-state index is 0.141. The summed E-state index contributed by atoms with van der Waals surface area (Å²) in [5.74, 6) is 1.65. The molecule has 0 radical (unpaired) electrons. The third-order valence-corrected chi connectivity index (χ3v) is 5.13. The number of anilines is 1. The summed E-state index contributed by atoms with van der Waals surface area (Å²) in [4.78, 5) is 14.7. The van der Waals surface area contributed by atoms with Crippen LogP contribution in [-0.4, -0.2) is 38.3 Å². The summed E-state index contributed by atoms with van der Waals surface area (Å²) >= 11 is 0. The smallest absolute Gasteiger partial charge is 0.251 e. The van der Waals surface area contributed by atoms with E-state index in [0.717, 1.165) is 35.7 Å². The molecule has 0 atom stereocenters. The SMILES string of the molecule is COc1cc(C(=O)NCCCN(C)c2ccccc2)ccc1OCc1c(C)noc1C. The van der Waals surface area contributed by atoms with E-state index in [1.807, 2.05) is 39.1 Å². The quantitative estimate of drug-likeness (QED) is 0.494. The second-order valence-electron chi connectivity index (χ2n) is 7.32. The number of hydrogen-bond acceptors (Lipinski definition) is 6. The van der Waals surface area contributed by atoms with Crippen molar-refractivity contribution in [1.82, 2.24) is 10.5 Å². The Kier molecular flexibility index (Phi) is 7.54. The number of hydrogen-bond donors (Lipinski definition) is 1. The molecule has 0 saturated heterocycles. The van der Waals surface area contributed by atoms with E-state index in [1.165, 1.54) is 0 Å². The molecule has 0 saturated carbocycles. The number of aryl methyl sites for hydroxylation is 2. The highest BCUT2D eigenvalue weighted by molar-refractivity contribution is 5.94. The van der Waals surface area contributed by atoms with Crippen LogP contribution in [0.15, 0.2) is 53.1 Å². The number of amides is 1. The molecular weight excluding hydrogens is 394 g/mol. The third kappa shape index (κ3) is 5.78. The Labute approximate surface area is 182 Å². The van der Waals surface area contributed by atoms with Crippen molar-refractivity contribution < 1.29 is 18.8 Å². The number of aromatic nitrogens is 1. The molecule has 7 nitrogen and oxygen atoms in total. The Morgan fingerprint density at radius 3 is 2.58 bits per heavy atom. The fourth-order valence-electron chi connectivity index (χ4n) is 3.22. The Balaban J connectivity index is 1.52. The molecular formula is C24H29N3O4. The van der Waals surface area contributed by atoms with Gasteiger partial charge in [-0.05, 0) is 50.6 Å². The van der Waals surface area contributed by atoms with Gasteiger partial charge >= 0.3 is 0 Å². The van der Waals surface area contributed by atoms with Gasteiger partial charge in [-0.2, -0.15) is 0 Å². The molecule has 0 fully saturated rings. The first kappa shape index (κ1) is 22.2. The van der Waals surface area contributed by atoms with E-state index < -0.39 is 0 Å². The molecule has 2 aromatic carbocycles. The topological polar surface area (TPSA) is 76.8 Å². The van der Waals surface area contributed by atoms with Crippen LogP contribution in [0.25, 0.3) is 0 Å². The highest BCUT2D eigenvalue weighted by Gasteiger charge is 2.14. The lowest BCUT2D eigenvalue weighted by Crippen LogP contribution is -2.28. The predicted octanol–water partition coefficient (Wildman–Crippen LogP) is 4.14. The molecule has 7 heteroatoms. The number of methoxy groups -OCH3 is 1. The van der Waals surface area contributed by atoms with Crippen LogP contribution in [0.1, 0.15) is 33.8 Å². The van der Waals surface area contributed by atoms with Crippen LogP contribution in [0.3, 0.4) is 0 Å². The number of ether oxygens (including phenoxy) is 2. The summed E-state index contributed by atoms with van der Waals surface area (Å²) in [5, 5.41) is 6.89. The van der Waals surface area contributed by atoms with E-state index in [4.69, 9.17) is 14.0 Å². The van der Waals surface area contributed by atoms with Crippen molar-refractivity contribution in [2.45, 2.75) is 26.9 Å². The minimum atomic E-state index is -0.141. The standard InChI is InChI=1S/C24H29N3O4/c1-17-21(18(2)31-26-17)16-30-22-12-11-19(15-23(22)29-4)24(28)25-13-8-14-27(3)20-9-6-5-7-10-20/h5-7,9-12,15H,8,13-14,16H2,1-4H3,(H,25,28). The molecule has 1 amide bonds. The normalized spacial score (nSPS) is 10.6. The number of benzene rings is 2. The van der Waals surface area contributed by atoms with Crippen LogP contribution in [0.5, 0.6) is 11.5 Å². The molecule has 3 aromatic rings. The summed E-state index contributed by atoms with van der Waals surface area (Å²) in [6, 6.07) is 15.3. The van der Waals surface area contributed by atoms with Gasteiger partial charge in [0, 0.05) is 31.4 Å². The van der Waals surface area contributed by atoms with E-state index in [1.54, 1.807) is 25.3 Å². The number of rotatable bonds is 10. The lowest BCUT2D eigenvalue weighted by Gasteiger charge is -2.19. The lowest BCUT2D eigenvalue weighted by molar-refractivity contribution is 0.0953. The Bertz CT molecular complexity index is 982. The van der Waals surface area contributed by atoms with Crippen LogP contribution >= 0.6 is 0 Å². The second kappa shape index (κ2) is 10.5. The van der Waals surface area contributed by atoms with Crippen molar-refractivity contribution in [3.63, 3.8) is 0 Å². The van der Waals surface area contributed by atoms with E-state index in [-0.39, 0.29) is 5.91 Å². The fraction of sp³-hybridized carbons (Fsp3) is 0.333. The summed E-state index contributed by atoms with van der Waals surface area (Å²) in [5.41, 5.74) is 3.39. The van der Waals surface area contributed by atoms with Gasteiger partial charge in [0.25, 0.3) is 5.91 Å². The first-order chi connectivity index (χ1) is 15.0. The van der Waals surface area contributed by atoms with Gasteiger partial charge in [-0.25, -0.2) is 0 Å². The monoisotopic (exact) mass is 423 g/mol. The number of carbonyl (C=O) groups is 1. The number of para-hydroxylation sites is 1. The molecule has 0 aliphatic carbocycles. The van der Waals surface area contributed by atoms with Crippen molar-refractivity contribution >= 4 is 11.6 Å². The molecule has 0 unspecified atom stereocenters. The first-order valence-corrected chi connectivity index (χ1v) is 10.3. The second-order valence-corrected chi connectivity index (χ2v) is 7.32. The maximum absolute atomic E-state index is 12.5. The Morgan fingerprint density at radius 1 is 1.13 bits per heavy atom. The highest BCUT2D eigenvalue weighted by Crippen LogP contribution is 2.29. The molecule has 0 bridgehead atoms. The van der Waals surface area contributed by atoms with Crippen LogP contribution in [0, 0.1) is 13.8 Å². The van der Waals surface area contributed by atoms with E-state index in [2.05, 4.69) is 27.5 Å². The van der Waals surface area contributed by atoms with Crippen LogP contribution < -0.4 is 19.7 Å². The average Bonchev–Trinajstić information content (AvgIpc) is 3.12. The van der Waals surface area contributed by atoms with Crippen molar-refractivity contribution in [3.8, 4) is 11.5 Å². The molecule has 1 N–H and O–H groups in total. The van der Waals surface area contributed by atoms with Crippen LogP contribution in [-0.2, 0) is 6.61 Å². The van der Waals surface area contributed by atoms with Gasteiger partial charge in [0.2, 0.25) is 0 Å². The van der Waals surface area contributed by atoms with E-state index in [0.29, 0.717) is 30.2 Å². The molecule has 0 aliphatic heterocycles. The highest BCUT2D eigenvalue weighted by atomic mass is 16.5. The van der Waals surface area contributed by atoms with Gasteiger partial charge in [0.05, 0.1) is 18.4 Å². The number of carbonyl (C=O) groups excluding carboxylic acids is 1. The van der Waals surface area contributed by atoms with Crippen molar-refractivity contribution in [3.05, 3.63) is 71.1 Å². The van der Waals surface area contributed by atoms with Gasteiger partial charge in [0.15, 0.2) is 11.5 Å². The maximum Gasteiger partial charge on any atom is 0.251 e.